The van der Waals surface area contributed by atoms with Crippen molar-refractivity contribution in [3.8, 4) is 11.5 Å². The molecule has 1 atom stereocenters. The molecule has 3 nitrogen and oxygen atoms in total. The highest BCUT2D eigenvalue weighted by molar-refractivity contribution is 5.41. The molecule has 0 spiro atoms. The minimum absolute atomic E-state index is 0.152. The molecule has 1 aromatic rings. The molecule has 2 N–H and O–H groups in total. The number of phenols is 1. The summed E-state index contributed by atoms with van der Waals surface area (Å²) in [5.41, 5.74) is 0.903. The molecule has 0 bridgehead atoms. The molecular formula is C15H23NO2. The van der Waals surface area contributed by atoms with Crippen molar-refractivity contribution >= 4 is 0 Å². The van der Waals surface area contributed by atoms with Crippen molar-refractivity contribution in [2.75, 3.05) is 13.7 Å². The maximum Gasteiger partial charge on any atom is 0.120 e. The molecular weight excluding hydrogens is 226 g/mol. The maximum absolute atomic E-state index is 9.86. The fourth-order valence-electron chi connectivity index (χ4n) is 2.23. The fraction of sp³-hybridized carbons (Fsp3) is 0.600. The molecule has 0 radical (unpaired) electrons. The topological polar surface area (TPSA) is 41.5 Å². The summed E-state index contributed by atoms with van der Waals surface area (Å²) in [4.78, 5) is 0. The Balaban J connectivity index is 1.84. The lowest BCUT2D eigenvalue weighted by Gasteiger charge is -2.16. The number of methoxy groups -OCH3 is 1. The summed E-state index contributed by atoms with van der Waals surface area (Å²) in [6.07, 6.45) is 5.40. The largest absolute Gasteiger partial charge is 0.508 e. The maximum atomic E-state index is 9.86. The minimum Gasteiger partial charge on any atom is -0.508 e. The first-order valence-corrected chi connectivity index (χ1v) is 6.81. The number of hydrogen-bond acceptors (Lipinski definition) is 3. The van der Waals surface area contributed by atoms with Gasteiger partial charge in [-0.05, 0) is 50.4 Å². The smallest absolute Gasteiger partial charge is 0.120 e. The molecule has 0 saturated heterocycles. The summed E-state index contributed by atoms with van der Waals surface area (Å²) in [6, 6.07) is 5.52. The van der Waals surface area contributed by atoms with Gasteiger partial charge in [-0.15, -0.1) is 0 Å². The Morgan fingerprint density at radius 3 is 2.89 bits per heavy atom. The Hall–Kier alpha value is -1.22. The molecule has 18 heavy (non-hydrogen) atoms. The van der Waals surface area contributed by atoms with E-state index in [9.17, 15) is 5.11 Å². The van der Waals surface area contributed by atoms with Gasteiger partial charge in [0, 0.05) is 11.6 Å². The monoisotopic (exact) mass is 249 g/mol. The summed E-state index contributed by atoms with van der Waals surface area (Å²) in [6.45, 7) is 3.08. The van der Waals surface area contributed by atoms with Crippen LogP contribution in [0.25, 0.3) is 0 Å². The number of aromatic hydroxyl groups is 1. The van der Waals surface area contributed by atoms with E-state index in [0.29, 0.717) is 5.75 Å². The quantitative estimate of drug-likeness (QED) is 0.729. The summed E-state index contributed by atoms with van der Waals surface area (Å²) in [5.74, 6) is 2.11. The van der Waals surface area contributed by atoms with E-state index in [0.717, 1.165) is 23.8 Å². The fourth-order valence-corrected chi connectivity index (χ4v) is 2.23. The van der Waals surface area contributed by atoms with Crippen LogP contribution in [0.1, 0.15) is 44.2 Å². The summed E-state index contributed by atoms with van der Waals surface area (Å²) < 4.78 is 5.19. The van der Waals surface area contributed by atoms with Crippen molar-refractivity contribution in [3.63, 3.8) is 0 Å². The third kappa shape index (κ3) is 3.64. The Morgan fingerprint density at radius 1 is 1.44 bits per heavy atom. The van der Waals surface area contributed by atoms with Gasteiger partial charge in [0.1, 0.15) is 11.5 Å². The van der Waals surface area contributed by atoms with E-state index in [4.69, 9.17) is 4.74 Å². The van der Waals surface area contributed by atoms with Gasteiger partial charge in [-0.1, -0.05) is 12.8 Å². The average Bonchev–Trinajstić information content (AvgIpc) is 3.19. The zero-order valence-corrected chi connectivity index (χ0v) is 11.3. The van der Waals surface area contributed by atoms with Crippen molar-refractivity contribution in [3.05, 3.63) is 23.8 Å². The summed E-state index contributed by atoms with van der Waals surface area (Å²) in [5, 5.41) is 13.3. The molecule has 1 saturated carbocycles. The molecule has 1 unspecified atom stereocenters. The lowest BCUT2D eigenvalue weighted by Crippen LogP contribution is -2.20. The van der Waals surface area contributed by atoms with Crippen molar-refractivity contribution in [2.45, 2.75) is 38.6 Å². The second kappa shape index (κ2) is 6.10. The average molecular weight is 249 g/mol. The van der Waals surface area contributed by atoms with Crippen LogP contribution < -0.4 is 10.1 Å². The van der Waals surface area contributed by atoms with Crippen LogP contribution in [-0.4, -0.2) is 18.8 Å². The molecule has 3 heteroatoms. The molecule has 0 heterocycles. The van der Waals surface area contributed by atoms with Gasteiger partial charge in [0.2, 0.25) is 0 Å². The van der Waals surface area contributed by atoms with Gasteiger partial charge in [-0.2, -0.15) is 0 Å². The van der Waals surface area contributed by atoms with Crippen LogP contribution in [0.2, 0.25) is 0 Å². The van der Waals surface area contributed by atoms with Crippen LogP contribution in [0, 0.1) is 5.92 Å². The highest BCUT2D eigenvalue weighted by Crippen LogP contribution is 2.33. The van der Waals surface area contributed by atoms with E-state index in [1.54, 1.807) is 19.2 Å². The first kappa shape index (κ1) is 13.2. The number of ether oxygens (including phenoxy) is 1. The van der Waals surface area contributed by atoms with Crippen LogP contribution in [0.3, 0.4) is 0 Å². The van der Waals surface area contributed by atoms with Gasteiger partial charge in [0.25, 0.3) is 0 Å². The van der Waals surface area contributed by atoms with E-state index in [1.807, 2.05) is 6.07 Å². The molecule has 0 aliphatic heterocycles. The standard InChI is InChI=1S/C15H23NO2/c1-11(16-9-3-4-12-5-6-12)14-10-13(18-2)7-8-15(14)17/h7-8,10-12,16-17H,3-6,9H2,1-2H3. The van der Waals surface area contributed by atoms with Crippen LogP contribution in [-0.2, 0) is 0 Å². The number of rotatable bonds is 7. The van der Waals surface area contributed by atoms with Gasteiger partial charge in [0.05, 0.1) is 7.11 Å². The predicted octanol–water partition coefficient (Wildman–Crippen LogP) is 3.24. The van der Waals surface area contributed by atoms with Gasteiger partial charge in [0.15, 0.2) is 0 Å². The van der Waals surface area contributed by atoms with Gasteiger partial charge < -0.3 is 15.2 Å². The minimum atomic E-state index is 0.152. The molecule has 1 aliphatic rings. The van der Waals surface area contributed by atoms with Crippen LogP contribution >= 0.6 is 0 Å². The van der Waals surface area contributed by atoms with Crippen LogP contribution in [0.5, 0.6) is 11.5 Å². The van der Waals surface area contributed by atoms with Crippen LogP contribution in [0.15, 0.2) is 18.2 Å². The zero-order valence-electron chi connectivity index (χ0n) is 11.3. The van der Waals surface area contributed by atoms with Crippen molar-refractivity contribution in [1.29, 1.82) is 0 Å². The molecule has 1 fully saturated rings. The van der Waals surface area contributed by atoms with Crippen molar-refractivity contribution in [2.24, 2.45) is 5.92 Å². The summed E-state index contributed by atoms with van der Waals surface area (Å²) in [7, 11) is 1.64. The summed E-state index contributed by atoms with van der Waals surface area (Å²) >= 11 is 0. The van der Waals surface area contributed by atoms with Crippen LogP contribution in [0.4, 0.5) is 0 Å². The first-order chi connectivity index (χ1) is 8.70. The van der Waals surface area contributed by atoms with Gasteiger partial charge >= 0.3 is 0 Å². The Labute approximate surface area is 109 Å². The Morgan fingerprint density at radius 2 is 2.22 bits per heavy atom. The highest BCUT2D eigenvalue weighted by Gasteiger charge is 2.20. The van der Waals surface area contributed by atoms with E-state index in [-0.39, 0.29) is 6.04 Å². The second-order valence-electron chi connectivity index (χ2n) is 5.19. The molecule has 100 valence electrons. The first-order valence-electron chi connectivity index (χ1n) is 6.81. The van der Waals surface area contributed by atoms with E-state index in [2.05, 4.69) is 12.2 Å². The van der Waals surface area contributed by atoms with Crippen molar-refractivity contribution in [1.82, 2.24) is 5.32 Å². The number of benzene rings is 1. The number of phenolic OH excluding ortho intramolecular Hbond substituents is 1. The SMILES string of the molecule is COc1ccc(O)c(C(C)NCCCC2CC2)c1. The predicted molar refractivity (Wildman–Crippen MR) is 73.0 cm³/mol. The van der Waals surface area contributed by atoms with E-state index >= 15 is 0 Å². The number of nitrogens with one attached hydrogen (secondary N) is 1. The number of hydrogen-bond donors (Lipinski definition) is 2. The molecule has 1 aliphatic carbocycles. The Bertz CT molecular complexity index is 388. The lowest BCUT2D eigenvalue weighted by molar-refractivity contribution is 0.407. The van der Waals surface area contributed by atoms with E-state index < -0.39 is 0 Å². The van der Waals surface area contributed by atoms with Gasteiger partial charge in [-0.3, -0.25) is 0 Å². The second-order valence-corrected chi connectivity index (χ2v) is 5.19. The molecule has 0 amide bonds. The normalized spacial score (nSPS) is 16.6. The molecule has 1 aromatic carbocycles. The molecule has 0 aromatic heterocycles. The van der Waals surface area contributed by atoms with Crippen molar-refractivity contribution < 1.29 is 9.84 Å². The zero-order chi connectivity index (χ0) is 13.0. The Kier molecular flexibility index (Phi) is 4.48. The highest BCUT2D eigenvalue weighted by atomic mass is 16.5. The van der Waals surface area contributed by atoms with E-state index in [1.165, 1.54) is 25.7 Å². The third-order valence-electron chi connectivity index (χ3n) is 3.64. The lowest BCUT2D eigenvalue weighted by atomic mass is 10.1. The molecule has 2 rings (SSSR count). The van der Waals surface area contributed by atoms with Gasteiger partial charge in [-0.25, -0.2) is 0 Å². The third-order valence-corrected chi connectivity index (χ3v) is 3.64.